The minimum atomic E-state index is -0.102. The number of furan rings is 1. The summed E-state index contributed by atoms with van der Waals surface area (Å²) in [5.41, 5.74) is 6.77. The molecule has 1 heterocycles. The normalized spacial score (nSPS) is 13.3. The number of anilines is 1. The highest BCUT2D eigenvalue weighted by Crippen LogP contribution is 2.19. The molecule has 0 saturated heterocycles. The number of nitrogens with two attached hydrogens (primary N) is 1. The third-order valence-electron chi connectivity index (χ3n) is 2.55. The van der Waals surface area contributed by atoms with Gasteiger partial charge in [-0.2, -0.15) is 0 Å². The second kappa shape index (κ2) is 5.40. The van der Waals surface area contributed by atoms with Crippen molar-refractivity contribution in [3.63, 3.8) is 0 Å². The molecule has 18 heavy (non-hydrogen) atoms. The molecule has 0 aliphatic heterocycles. The average molecular weight is 243 g/mol. The summed E-state index contributed by atoms with van der Waals surface area (Å²) in [5.74, 6) is 2.06. The molecule has 0 aliphatic carbocycles. The topological polar surface area (TPSA) is 63.5 Å². The highest BCUT2D eigenvalue weighted by molar-refractivity contribution is 5.92. The SMILES string of the molecule is Cc1ccc(C(C)N=C(N)Nc2ccccc2)o1. The standard InChI is InChI=1S/C14H17N3O/c1-10-8-9-13(18-10)11(2)16-14(15)17-12-6-4-3-5-7-12/h3-9,11H,1-2H3,(H3,15,16,17). The van der Waals surface area contributed by atoms with Gasteiger partial charge in [0, 0.05) is 5.69 Å². The summed E-state index contributed by atoms with van der Waals surface area (Å²) in [6.07, 6.45) is 0. The number of aliphatic imine (C=N–C) groups is 1. The van der Waals surface area contributed by atoms with Crippen LogP contribution >= 0.6 is 0 Å². The maximum atomic E-state index is 5.85. The molecule has 1 unspecified atom stereocenters. The predicted molar refractivity (Wildman–Crippen MR) is 73.5 cm³/mol. The second-order valence-corrected chi connectivity index (χ2v) is 4.13. The summed E-state index contributed by atoms with van der Waals surface area (Å²) in [4.78, 5) is 4.35. The quantitative estimate of drug-likeness (QED) is 0.643. The van der Waals surface area contributed by atoms with Gasteiger partial charge in [-0.3, -0.25) is 0 Å². The van der Waals surface area contributed by atoms with Gasteiger partial charge < -0.3 is 15.5 Å². The Bertz CT molecular complexity index is 531. The average Bonchev–Trinajstić information content (AvgIpc) is 2.77. The molecule has 1 aromatic carbocycles. The zero-order valence-corrected chi connectivity index (χ0v) is 10.6. The van der Waals surface area contributed by atoms with E-state index in [9.17, 15) is 0 Å². The molecule has 1 aromatic heterocycles. The predicted octanol–water partition coefficient (Wildman–Crippen LogP) is 3.08. The van der Waals surface area contributed by atoms with E-state index in [1.165, 1.54) is 0 Å². The Morgan fingerprint density at radius 2 is 1.94 bits per heavy atom. The fraction of sp³-hybridized carbons (Fsp3) is 0.214. The molecule has 3 N–H and O–H groups in total. The summed E-state index contributed by atoms with van der Waals surface area (Å²) in [7, 11) is 0. The van der Waals surface area contributed by atoms with Gasteiger partial charge in [0.05, 0.1) is 0 Å². The molecular weight excluding hydrogens is 226 g/mol. The number of guanidine groups is 1. The molecule has 0 aliphatic rings. The van der Waals surface area contributed by atoms with Gasteiger partial charge in [0.2, 0.25) is 0 Å². The number of hydrogen-bond donors (Lipinski definition) is 2. The molecule has 0 saturated carbocycles. The summed E-state index contributed by atoms with van der Waals surface area (Å²) >= 11 is 0. The van der Waals surface area contributed by atoms with Gasteiger partial charge in [-0.15, -0.1) is 0 Å². The lowest BCUT2D eigenvalue weighted by Crippen LogP contribution is -2.23. The van der Waals surface area contributed by atoms with Gasteiger partial charge in [-0.25, -0.2) is 4.99 Å². The third kappa shape index (κ3) is 3.13. The van der Waals surface area contributed by atoms with Gasteiger partial charge >= 0.3 is 0 Å². The number of nitrogens with zero attached hydrogens (tertiary/aromatic N) is 1. The van der Waals surface area contributed by atoms with Gasteiger partial charge in [0.1, 0.15) is 17.6 Å². The molecule has 0 amide bonds. The van der Waals surface area contributed by atoms with Crippen LogP contribution in [0.1, 0.15) is 24.5 Å². The monoisotopic (exact) mass is 243 g/mol. The maximum Gasteiger partial charge on any atom is 0.193 e. The Kier molecular flexibility index (Phi) is 3.67. The van der Waals surface area contributed by atoms with Crippen LogP contribution in [0.25, 0.3) is 0 Å². The van der Waals surface area contributed by atoms with E-state index in [1.807, 2.05) is 56.3 Å². The Morgan fingerprint density at radius 1 is 1.22 bits per heavy atom. The first-order valence-electron chi connectivity index (χ1n) is 5.87. The second-order valence-electron chi connectivity index (χ2n) is 4.13. The zero-order chi connectivity index (χ0) is 13.0. The van der Waals surface area contributed by atoms with E-state index in [4.69, 9.17) is 10.2 Å². The first-order chi connectivity index (χ1) is 8.65. The molecule has 2 rings (SSSR count). The number of hydrogen-bond acceptors (Lipinski definition) is 2. The lowest BCUT2D eigenvalue weighted by molar-refractivity contribution is 0.458. The van der Waals surface area contributed by atoms with E-state index in [0.29, 0.717) is 5.96 Å². The Balaban J connectivity index is 2.04. The van der Waals surface area contributed by atoms with Crippen LogP contribution in [0.2, 0.25) is 0 Å². The summed E-state index contributed by atoms with van der Waals surface area (Å²) in [6, 6.07) is 13.4. The smallest absolute Gasteiger partial charge is 0.193 e. The van der Waals surface area contributed by atoms with Crippen LogP contribution in [0.5, 0.6) is 0 Å². The highest BCUT2D eigenvalue weighted by Gasteiger charge is 2.08. The van der Waals surface area contributed by atoms with Crippen LogP contribution in [0, 0.1) is 6.92 Å². The molecule has 0 fully saturated rings. The number of para-hydroxylation sites is 1. The minimum Gasteiger partial charge on any atom is -0.464 e. The Morgan fingerprint density at radius 3 is 2.56 bits per heavy atom. The van der Waals surface area contributed by atoms with Gasteiger partial charge in [0.25, 0.3) is 0 Å². The van der Waals surface area contributed by atoms with Crippen molar-refractivity contribution in [2.45, 2.75) is 19.9 Å². The number of rotatable bonds is 3. The number of benzene rings is 1. The molecule has 2 aromatic rings. The van der Waals surface area contributed by atoms with Crippen molar-refractivity contribution in [1.29, 1.82) is 0 Å². The molecule has 94 valence electrons. The van der Waals surface area contributed by atoms with Crippen LogP contribution in [0.15, 0.2) is 51.9 Å². The van der Waals surface area contributed by atoms with E-state index in [1.54, 1.807) is 0 Å². The lowest BCUT2D eigenvalue weighted by atomic mass is 10.3. The van der Waals surface area contributed by atoms with E-state index >= 15 is 0 Å². The Hall–Kier alpha value is -2.23. The first kappa shape index (κ1) is 12.2. The van der Waals surface area contributed by atoms with Crippen molar-refractivity contribution < 1.29 is 4.42 Å². The third-order valence-corrected chi connectivity index (χ3v) is 2.55. The van der Waals surface area contributed by atoms with E-state index < -0.39 is 0 Å². The van der Waals surface area contributed by atoms with Crippen molar-refractivity contribution in [2.24, 2.45) is 10.7 Å². The van der Waals surface area contributed by atoms with Crippen LogP contribution in [-0.2, 0) is 0 Å². The van der Waals surface area contributed by atoms with E-state index in [2.05, 4.69) is 10.3 Å². The van der Waals surface area contributed by atoms with Crippen molar-refractivity contribution in [2.75, 3.05) is 5.32 Å². The van der Waals surface area contributed by atoms with E-state index in [0.717, 1.165) is 17.2 Å². The van der Waals surface area contributed by atoms with E-state index in [-0.39, 0.29) is 6.04 Å². The molecule has 0 radical (unpaired) electrons. The zero-order valence-electron chi connectivity index (χ0n) is 10.6. The van der Waals surface area contributed by atoms with Crippen LogP contribution in [-0.4, -0.2) is 5.96 Å². The molecule has 4 nitrogen and oxygen atoms in total. The fourth-order valence-electron chi connectivity index (χ4n) is 1.65. The highest BCUT2D eigenvalue weighted by atomic mass is 16.3. The van der Waals surface area contributed by atoms with Gasteiger partial charge in [-0.1, -0.05) is 18.2 Å². The van der Waals surface area contributed by atoms with Crippen LogP contribution in [0.4, 0.5) is 5.69 Å². The molecule has 0 spiro atoms. The molecule has 0 bridgehead atoms. The van der Waals surface area contributed by atoms with Gasteiger partial charge in [0.15, 0.2) is 5.96 Å². The first-order valence-corrected chi connectivity index (χ1v) is 5.87. The van der Waals surface area contributed by atoms with Gasteiger partial charge in [-0.05, 0) is 38.1 Å². The van der Waals surface area contributed by atoms with Crippen molar-refractivity contribution in [3.05, 3.63) is 54.0 Å². The van der Waals surface area contributed by atoms with Crippen molar-refractivity contribution in [1.82, 2.24) is 0 Å². The van der Waals surface area contributed by atoms with Crippen molar-refractivity contribution >= 4 is 11.6 Å². The lowest BCUT2D eigenvalue weighted by Gasteiger charge is -2.08. The molecular formula is C14H17N3O. The number of nitrogens with one attached hydrogen (secondary N) is 1. The fourth-order valence-corrected chi connectivity index (χ4v) is 1.65. The minimum absolute atomic E-state index is 0.102. The summed E-state index contributed by atoms with van der Waals surface area (Å²) in [5, 5.41) is 3.04. The largest absolute Gasteiger partial charge is 0.464 e. The molecule has 4 heteroatoms. The summed E-state index contributed by atoms with van der Waals surface area (Å²) < 4.78 is 5.51. The van der Waals surface area contributed by atoms with Crippen LogP contribution in [0.3, 0.4) is 0 Å². The number of aryl methyl sites for hydroxylation is 1. The maximum absolute atomic E-state index is 5.85. The summed E-state index contributed by atoms with van der Waals surface area (Å²) in [6.45, 7) is 3.85. The van der Waals surface area contributed by atoms with Crippen molar-refractivity contribution in [3.8, 4) is 0 Å². The van der Waals surface area contributed by atoms with Crippen LogP contribution < -0.4 is 11.1 Å². The molecule has 1 atom stereocenters. The Labute approximate surface area is 107 Å².